The number of hydrogen-bond acceptors (Lipinski definition) is 5. The second-order valence-electron chi connectivity index (χ2n) is 7.42. The number of nitriles is 1. The van der Waals surface area contributed by atoms with Crippen molar-refractivity contribution < 1.29 is 4.79 Å². The van der Waals surface area contributed by atoms with E-state index in [-0.39, 0.29) is 11.1 Å². The standard InChI is InChI=1S/C24H22ClN7O/c1-16-21(22(25)31(29-16)17-9-4-2-5-10-17)24(33)28-14-8-13-20-19(15-26)23(27)32(30-20)18-11-6-3-7-12-18/h2-7,9-12H,8,13-14,27H2,1H3,(H,28,33). The second kappa shape index (κ2) is 9.59. The summed E-state index contributed by atoms with van der Waals surface area (Å²) in [4.78, 5) is 12.8. The van der Waals surface area contributed by atoms with Gasteiger partial charge < -0.3 is 11.1 Å². The first-order valence-corrected chi connectivity index (χ1v) is 10.8. The summed E-state index contributed by atoms with van der Waals surface area (Å²) < 4.78 is 3.11. The molecule has 2 aromatic heterocycles. The summed E-state index contributed by atoms with van der Waals surface area (Å²) in [5.74, 6) is 0.00739. The summed E-state index contributed by atoms with van der Waals surface area (Å²) in [6, 6.07) is 20.9. The zero-order valence-electron chi connectivity index (χ0n) is 18.0. The van der Waals surface area contributed by atoms with Gasteiger partial charge in [0.15, 0.2) is 0 Å². The molecule has 0 bridgehead atoms. The summed E-state index contributed by atoms with van der Waals surface area (Å²) in [6.45, 7) is 2.13. The van der Waals surface area contributed by atoms with Crippen LogP contribution in [0, 0.1) is 18.3 Å². The molecular formula is C24H22ClN7O. The topological polar surface area (TPSA) is 115 Å². The van der Waals surface area contributed by atoms with Gasteiger partial charge in [0.1, 0.15) is 22.6 Å². The predicted octanol–water partition coefficient (Wildman–Crippen LogP) is 3.84. The Morgan fingerprint density at radius 3 is 2.27 bits per heavy atom. The summed E-state index contributed by atoms with van der Waals surface area (Å²) in [5.41, 5.74) is 9.54. The number of nitrogen functional groups attached to an aromatic ring is 1. The van der Waals surface area contributed by atoms with Crippen LogP contribution in [0.3, 0.4) is 0 Å². The third-order valence-corrected chi connectivity index (χ3v) is 5.56. The van der Waals surface area contributed by atoms with Gasteiger partial charge in [-0.2, -0.15) is 15.5 Å². The fourth-order valence-corrected chi connectivity index (χ4v) is 3.94. The third kappa shape index (κ3) is 4.45. The third-order valence-electron chi connectivity index (χ3n) is 5.21. The molecule has 3 N–H and O–H groups in total. The largest absolute Gasteiger partial charge is 0.382 e. The summed E-state index contributed by atoms with van der Waals surface area (Å²) in [5, 5.41) is 21.6. The van der Waals surface area contributed by atoms with Crippen LogP contribution in [0.1, 0.15) is 33.7 Å². The average Bonchev–Trinajstić information content (AvgIpc) is 3.32. The molecule has 0 fully saturated rings. The number of anilines is 1. The van der Waals surface area contributed by atoms with Crippen molar-refractivity contribution in [3.8, 4) is 17.4 Å². The molecule has 0 aliphatic carbocycles. The van der Waals surface area contributed by atoms with Gasteiger partial charge in [0.25, 0.3) is 5.91 Å². The van der Waals surface area contributed by atoms with Crippen LogP contribution in [0.15, 0.2) is 60.7 Å². The van der Waals surface area contributed by atoms with Crippen molar-refractivity contribution in [1.29, 1.82) is 5.26 Å². The molecule has 8 nitrogen and oxygen atoms in total. The second-order valence-corrected chi connectivity index (χ2v) is 7.78. The van der Waals surface area contributed by atoms with E-state index in [1.807, 2.05) is 60.7 Å². The normalized spacial score (nSPS) is 10.7. The number of para-hydroxylation sites is 2. The Balaban J connectivity index is 1.42. The Morgan fingerprint density at radius 2 is 1.67 bits per heavy atom. The van der Waals surface area contributed by atoms with E-state index in [4.69, 9.17) is 17.3 Å². The molecule has 0 saturated carbocycles. The van der Waals surface area contributed by atoms with Crippen LogP contribution in [-0.2, 0) is 6.42 Å². The number of rotatable bonds is 7. The number of nitrogens with one attached hydrogen (secondary N) is 1. The minimum Gasteiger partial charge on any atom is -0.382 e. The number of nitrogens with zero attached hydrogens (tertiary/aromatic N) is 5. The van der Waals surface area contributed by atoms with Gasteiger partial charge >= 0.3 is 0 Å². The van der Waals surface area contributed by atoms with E-state index in [2.05, 4.69) is 21.6 Å². The lowest BCUT2D eigenvalue weighted by Crippen LogP contribution is -2.25. The molecule has 2 heterocycles. The number of benzene rings is 2. The van der Waals surface area contributed by atoms with Gasteiger partial charge in [0.2, 0.25) is 0 Å². The quantitative estimate of drug-likeness (QED) is 0.407. The van der Waals surface area contributed by atoms with Gasteiger partial charge in [-0.3, -0.25) is 4.79 Å². The van der Waals surface area contributed by atoms with E-state index in [0.29, 0.717) is 47.7 Å². The van der Waals surface area contributed by atoms with Crippen LogP contribution in [0.4, 0.5) is 5.82 Å². The van der Waals surface area contributed by atoms with Crippen molar-refractivity contribution in [1.82, 2.24) is 24.9 Å². The van der Waals surface area contributed by atoms with Crippen molar-refractivity contribution >= 4 is 23.3 Å². The van der Waals surface area contributed by atoms with Gasteiger partial charge in [-0.15, -0.1) is 0 Å². The van der Waals surface area contributed by atoms with Crippen LogP contribution in [0.5, 0.6) is 0 Å². The maximum absolute atomic E-state index is 12.8. The Bertz CT molecular complexity index is 1320. The van der Waals surface area contributed by atoms with Crippen molar-refractivity contribution in [2.75, 3.05) is 12.3 Å². The molecule has 0 spiro atoms. The molecular weight excluding hydrogens is 438 g/mol. The van der Waals surface area contributed by atoms with Crippen LogP contribution in [-0.4, -0.2) is 32.0 Å². The van der Waals surface area contributed by atoms with Crippen LogP contribution < -0.4 is 11.1 Å². The van der Waals surface area contributed by atoms with Crippen LogP contribution in [0.2, 0.25) is 5.15 Å². The number of carbonyl (C=O) groups excluding carboxylic acids is 1. The van der Waals surface area contributed by atoms with Gasteiger partial charge in [-0.1, -0.05) is 48.0 Å². The molecule has 9 heteroatoms. The van der Waals surface area contributed by atoms with Gasteiger partial charge in [0, 0.05) is 6.54 Å². The predicted molar refractivity (Wildman–Crippen MR) is 127 cm³/mol. The first kappa shape index (κ1) is 22.1. The van der Waals surface area contributed by atoms with Gasteiger partial charge in [-0.05, 0) is 44.0 Å². The minimum atomic E-state index is -0.297. The molecule has 0 radical (unpaired) electrons. The van der Waals surface area contributed by atoms with Crippen LogP contribution >= 0.6 is 11.6 Å². The van der Waals surface area contributed by atoms with Crippen LogP contribution in [0.25, 0.3) is 11.4 Å². The zero-order valence-corrected chi connectivity index (χ0v) is 18.8. The molecule has 0 aliphatic rings. The van der Waals surface area contributed by atoms with E-state index in [1.165, 1.54) is 0 Å². The van der Waals surface area contributed by atoms with E-state index >= 15 is 0 Å². The molecule has 4 rings (SSSR count). The fourth-order valence-electron chi connectivity index (χ4n) is 3.58. The maximum Gasteiger partial charge on any atom is 0.256 e. The van der Waals surface area contributed by atoms with Gasteiger partial charge in [-0.25, -0.2) is 9.36 Å². The van der Waals surface area contributed by atoms with Crippen molar-refractivity contribution in [3.63, 3.8) is 0 Å². The molecule has 166 valence electrons. The summed E-state index contributed by atoms with van der Waals surface area (Å²) in [7, 11) is 0. The molecule has 33 heavy (non-hydrogen) atoms. The Labute approximate surface area is 196 Å². The van der Waals surface area contributed by atoms with Crippen molar-refractivity contribution in [3.05, 3.63) is 88.3 Å². The average molecular weight is 460 g/mol. The van der Waals surface area contributed by atoms with Crippen molar-refractivity contribution in [2.24, 2.45) is 0 Å². The number of hydrogen-bond donors (Lipinski definition) is 2. The van der Waals surface area contributed by atoms with E-state index in [1.54, 1.807) is 16.3 Å². The highest BCUT2D eigenvalue weighted by atomic mass is 35.5. The zero-order chi connectivity index (χ0) is 23.4. The van der Waals surface area contributed by atoms with Gasteiger partial charge in [0.05, 0.1) is 28.3 Å². The Hall–Kier alpha value is -4.09. The molecule has 0 saturated heterocycles. The number of nitrogens with two attached hydrogens (primary N) is 1. The molecule has 0 unspecified atom stereocenters. The fraction of sp³-hybridized carbons (Fsp3) is 0.167. The lowest BCUT2D eigenvalue weighted by Gasteiger charge is -2.05. The first-order chi connectivity index (χ1) is 16.0. The minimum absolute atomic E-state index is 0.261. The number of halogens is 1. The summed E-state index contributed by atoms with van der Waals surface area (Å²) >= 11 is 6.46. The molecule has 4 aromatic rings. The van der Waals surface area contributed by atoms with Crippen molar-refractivity contribution in [2.45, 2.75) is 19.8 Å². The number of amides is 1. The number of aromatic nitrogens is 4. The highest BCUT2D eigenvalue weighted by Gasteiger charge is 2.21. The smallest absolute Gasteiger partial charge is 0.256 e. The maximum atomic E-state index is 12.8. The number of aryl methyl sites for hydroxylation is 2. The molecule has 1 amide bonds. The lowest BCUT2D eigenvalue weighted by atomic mass is 10.1. The summed E-state index contributed by atoms with van der Waals surface area (Å²) in [6.07, 6.45) is 1.07. The molecule has 0 atom stereocenters. The first-order valence-electron chi connectivity index (χ1n) is 10.4. The molecule has 2 aromatic carbocycles. The number of carbonyl (C=O) groups is 1. The Kier molecular flexibility index (Phi) is 6.43. The monoisotopic (exact) mass is 459 g/mol. The highest BCUT2D eigenvalue weighted by Crippen LogP contribution is 2.24. The highest BCUT2D eigenvalue weighted by molar-refractivity contribution is 6.33. The Morgan fingerprint density at radius 1 is 1.06 bits per heavy atom. The molecule has 0 aliphatic heterocycles. The lowest BCUT2D eigenvalue weighted by molar-refractivity contribution is 0.0952. The van der Waals surface area contributed by atoms with E-state index < -0.39 is 0 Å². The SMILES string of the molecule is Cc1nn(-c2ccccc2)c(Cl)c1C(=O)NCCCc1nn(-c2ccccc2)c(N)c1C#N. The van der Waals surface area contributed by atoms with E-state index in [9.17, 15) is 10.1 Å². The van der Waals surface area contributed by atoms with E-state index in [0.717, 1.165) is 11.4 Å².